The molecule has 0 amide bonds. The number of nitrogens with zero attached hydrogens (tertiary/aromatic N) is 1. The summed E-state index contributed by atoms with van der Waals surface area (Å²) in [5, 5.41) is 9.46. The quantitative estimate of drug-likeness (QED) is 0.558. The van der Waals surface area contributed by atoms with Gasteiger partial charge in [-0.15, -0.1) is 0 Å². The van der Waals surface area contributed by atoms with Crippen molar-refractivity contribution in [2.75, 3.05) is 5.75 Å². The fourth-order valence-corrected chi connectivity index (χ4v) is 1.96. The normalized spacial score (nSPS) is 13.4. The van der Waals surface area contributed by atoms with E-state index in [1.54, 1.807) is 29.0 Å². The highest BCUT2D eigenvalue weighted by Crippen LogP contribution is 1.96. The van der Waals surface area contributed by atoms with Gasteiger partial charge in [0.2, 0.25) is 5.69 Å². The van der Waals surface area contributed by atoms with Gasteiger partial charge in [-0.1, -0.05) is 6.58 Å². The van der Waals surface area contributed by atoms with Gasteiger partial charge >= 0.3 is 0 Å². The van der Waals surface area contributed by atoms with Gasteiger partial charge in [0.1, 0.15) is 11.9 Å². The van der Waals surface area contributed by atoms with E-state index in [0.29, 0.717) is 0 Å². The SMILES string of the molecule is C=Cc1cccc[n+]1CC(O)CS(=O)(=O)O. The smallest absolute Gasteiger partial charge is 0.267 e. The van der Waals surface area contributed by atoms with Crippen LogP contribution >= 0.6 is 0 Å². The third kappa shape index (κ3) is 4.09. The molecule has 0 aliphatic rings. The summed E-state index contributed by atoms with van der Waals surface area (Å²) in [6.07, 6.45) is 2.14. The molecule has 16 heavy (non-hydrogen) atoms. The monoisotopic (exact) mass is 244 g/mol. The van der Waals surface area contributed by atoms with E-state index in [9.17, 15) is 13.5 Å². The van der Waals surface area contributed by atoms with E-state index in [1.807, 2.05) is 6.07 Å². The maximum atomic E-state index is 10.6. The summed E-state index contributed by atoms with van der Waals surface area (Å²) in [6, 6.07) is 5.35. The van der Waals surface area contributed by atoms with Gasteiger partial charge in [0.05, 0.1) is 0 Å². The van der Waals surface area contributed by atoms with Crippen LogP contribution in [0.3, 0.4) is 0 Å². The van der Waals surface area contributed by atoms with Crippen LogP contribution in [0.2, 0.25) is 0 Å². The van der Waals surface area contributed by atoms with E-state index >= 15 is 0 Å². The van der Waals surface area contributed by atoms with Crippen molar-refractivity contribution in [3.8, 4) is 0 Å². The summed E-state index contributed by atoms with van der Waals surface area (Å²) in [5.74, 6) is -0.675. The first-order chi connectivity index (χ1) is 7.42. The van der Waals surface area contributed by atoms with Crippen LogP contribution in [0.4, 0.5) is 0 Å². The Morgan fingerprint density at radius 2 is 2.19 bits per heavy atom. The Balaban J connectivity index is 2.77. The number of aromatic nitrogens is 1. The average molecular weight is 244 g/mol. The Morgan fingerprint density at radius 1 is 1.50 bits per heavy atom. The molecule has 0 aliphatic carbocycles. The highest BCUT2D eigenvalue weighted by Gasteiger charge is 2.19. The van der Waals surface area contributed by atoms with Crippen LogP contribution in [0.15, 0.2) is 31.0 Å². The Hall–Kier alpha value is -1.24. The van der Waals surface area contributed by atoms with Gasteiger partial charge in [0.15, 0.2) is 12.7 Å². The van der Waals surface area contributed by atoms with Crippen LogP contribution in [0.1, 0.15) is 5.69 Å². The van der Waals surface area contributed by atoms with Crippen molar-refractivity contribution in [3.63, 3.8) is 0 Å². The van der Waals surface area contributed by atoms with Crippen LogP contribution in [-0.2, 0) is 16.7 Å². The van der Waals surface area contributed by atoms with Gasteiger partial charge in [-0.2, -0.15) is 13.0 Å². The number of hydrogen-bond donors (Lipinski definition) is 2. The number of pyridine rings is 1. The van der Waals surface area contributed by atoms with E-state index in [-0.39, 0.29) is 6.54 Å². The number of aliphatic hydroxyl groups excluding tert-OH is 1. The lowest BCUT2D eigenvalue weighted by molar-refractivity contribution is -0.704. The molecule has 6 heteroatoms. The third-order valence-corrected chi connectivity index (χ3v) is 2.80. The molecule has 0 saturated heterocycles. The van der Waals surface area contributed by atoms with Crippen LogP contribution in [-0.4, -0.2) is 29.9 Å². The molecule has 1 aromatic heterocycles. The second-order valence-electron chi connectivity index (χ2n) is 3.38. The van der Waals surface area contributed by atoms with Crippen molar-refractivity contribution in [3.05, 3.63) is 36.7 Å². The first-order valence-electron chi connectivity index (χ1n) is 4.66. The fraction of sp³-hybridized carbons (Fsp3) is 0.300. The van der Waals surface area contributed by atoms with Crippen molar-refractivity contribution in [1.29, 1.82) is 0 Å². The largest absolute Gasteiger partial charge is 0.385 e. The van der Waals surface area contributed by atoms with Crippen molar-refractivity contribution >= 4 is 16.2 Å². The van der Waals surface area contributed by atoms with E-state index in [4.69, 9.17) is 4.55 Å². The Kier molecular flexibility index (Phi) is 4.17. The van der Waals surface area contributed by atoms with Gasteiger partial charge in [0.25, 0.3) is 10.1 Å². The molecule has 0 spiro atoms. The molecule has 0 bridgehead atoms. The summed E-state index contributed by atoms with van der Waals surface area (Å²) in [5.41, 5.74) is 0.761. The molecular weight excluding hydrogens is 230 g/mol. The van der Waals surface area contributed by atoms with Crippen molar-refractivity contribution in [2.24, 2.45) is 0 Å². The lowest BCUT2D eigenvalue weighted by Crippen LogP contribution is -2.44. The molecule has 0 saturated carbocycles. The molecule has 0 aliphatic heterocycles. The Bertz CT molecular complexity index is 469. The zero-order chi connectivity index (χ0) is 12.2. The molecule has 88 valence electrons. The lowest BCUT2D eigenvalue weighted by atomic mass is 10.3. The van der Waals surface area contributed by atoms with E-state index in [2.05, 4.69) is 6.58 Å². The summed E-state index contributed by atoms with van der Waals surface area (Å²) < 4.78 is 31.3. The predicted molar refractivity (Wildman–Crippen MR) is 59.2 cm³/mol. The molecule has 1 atom stereocenters. The summed E-state index contributed by atoms with van der Waals surface area (Å²) in [6.45, 7) is 3.69. The predicted octanol–water partition coefficient (Wildman–Crippen LogP) is -0.134. The maximum Gasteiger partial charge on any atom is 0.267 e. The maximum absolute atomic E-state index is 10.6. The second kappa shape index (κ2) is 5.20. The van der Waals surface area contributed by atoms with Gasteiger partial charge in [-0.25, -0.2) is 0 Å². The minimum atomic E-state index is -4.15. The zero-order valence-corrected chi connectivity index (χ0v) is 9.47. The van der Waals surface area contributed by atoms with Gasteiger partial charge in [-0.05, 0) is 6.07 Å². The van der Waals surface area contributed by atoms with E-state index in [0.717, 1.165) is 5.69 Å². The molecule has 0 fully saturated rings. The lowest BCUT2D eigenvalue weighted by Gasteiger charge is -2.06. The van der Waals surface area contributed by atoms with Crippen LogP contribution in [0.25, 0.3) is 6.08 Å². The van der Waals surface area contributed by atoms with Crippen molar-refractivity contribution < 1.29 is 22.6 Å². The molecular formula is C10H14NO4S+. The topological polar surface area (TPSA) is 78.5 Å². The number of hydrogen-bond acceptors (Lipinski definition) is 3. The molecule has 0 aromatic carbocycles. The molecule has 1 aromatic rings. The van der Waals surface area contributed by atoms with Gasteiger partial charge in [0, 0.05) is 18.2 Å². The minimum Gasteiger partial charge on any atom is -0.385 e. The highest BCUT2D eigenvalue weighted by atomic mass is 32.2. The van der Waals surface area contributed by atoms with E-state index < -0.39 is 22.0 Å². The molecule has 5 nitrogen and oxygen atoms in total. The van der Waals surface area contributed by atoms with Crippen molar-refractivity contribution in [2.45, 2.75) is 12.6 Å². The van der Waals surface area contributed by atoms with Gasteiger partial charge < -0.3 is 5.11 Å². The Morgan fingerprint density at radius 3 is 2.75 bits per heavy atom. The molecule has 2 N–H and O–H groups in total. The molecule has 1 heterocycles. The summed E-state index contributed by atoms with van der Waals surface area (Å²) in [4.78, 5) is 0. The summed E-state index contributed by atoms with van der Waals surface area (Å²) in [7, 11) is -4.15. The number of rotatable bonds is 5. The van der Waals surface area contributed by atoms with E-state index in [1.165, 1.54) is 0 Å². The second-order valence-corrected chi connectivity index (χ2v) is 4.88. The molecule has 1 rings (SSSR count). The minimum absolute atomic E-state index is 0.0853. The molecule has 1 unspecified atom stereocenters. The first kappa shape index (κ1) is 12.8. The van der Waals surface area contributed by atoms with Crippen LogP contribution in [0, 0.1) is 0 Å². The summed E-state index contributed by atoms with van der Waals surface area (Å²) >= 11 is 0. The standard InChI is InChI=1S/C10H13NO4S/c1-2-9-5-3-4-6-11(9)7-10(12)8-16(13,14)15/h2-6,10,12H,1,7-8H2/p+1. The zero-order valence-electron chi connectivity index (χ0n) is 8.65. The fourth-order valence-electron chi connectivity index (χ4n) is 1.36. The third-order valence-electron chi connectivity index (χ3n) is 2.00. The van der Waals surface area contributed by atoms with Gasteiger partial charge in [-0.3, -0.25) is 4.55 Å². The van der Waals surface area contributed by atoms with Crippen LogP contribution < -0.4 is 4.57 Å². The van der Waals surface area contributed by atoms with Crippen molar-refractivity contribution in [1.82, 2.24) is 0 Å². The average Bonchev–Trinajstić information content (AvgIpc) is 2.15. The van der Waals surface area contributed by atoms with Crippen LogP contribution in [0.5, 0.6) is 0 Å². The number of aliphatic hydroxyl groups is 1. The molecule has 0 radical (unpaired) electrons. The first-order valence-corrected chi connectivity index (χ1v) is 6.27. The Labute approximate surface area is 94.4 Å². The highest BCUT2D eigenvalue weighted by molar-refractivity contribution is 7.85.